The van der Waals surface area contributed by atoms with Gasteiger partial charge in [-0.1, -0.05) is 6.92 Å². The third-order valence-corrected chi connectivity index (χ3v) is 7.87. The van der Waals surface area contributed by atoms with Gasteiger partial charge in [0.2, 0.25) is 11.7 Å². The zero-order valence-corrected chi connectivity index (χ0v) is 26.0. The Bertz CT molecular complexity index is 1750. The minimum atomic E-state index is -2.83. The van der Waals surface area contributed by atoms with Gasteiger partial charge in [0, 0.05) is 90.9 Å². The molecule has 5 rings (SSSR count). The summed E-state index contributed by atoms with van der Waals surface area (Å²) >= 11 is -2.83. The number of H-pyrrole nitrogens is 1. The Morgan fingerprint density at radius 3 is 2.36 bits per heavy atom. The number of nitrogens with one attached hydrogen (secondary N) is 1. The molecule has 15 heteroatoms. The van der Waals surface area contributed by atoms with E-state index in [0.717, 1.165) is 16.4 Å². The third kappa shape index (κ3) is 6.78. The van der Waals surface area contributed by atoms with Crippen molar-refractivity contribution < 1.29 is 31.9 Å². The van der Waals surface area contributed by atoms with E-state index in [4.69, 9.17) is 4.74 Å². The number of pyridine rings is 1. The van der Waals surface area contributed by atoms with Crippen LogP contribution in [0.3, 0.4) is 0 Å². The van der Waals surface area contributed by atoms with E-state index in [0.29, 0.717) is 60.7 Å². The van der Waals surface area contributed by atoms with Crippen molar-refractivity contribution in [3.63, 3.8) is 0 Å². The lowest BCUT2D eigenvalue weighted by molar-refractivity contribution is 0.0240. The van der Waals surface area contributed by atoms with Crippen LogP contribution in [0.4, 0.5) is 25.2 Å². The molecule has 0 aliphatic carbocycles. The summed E-state index contributed by atoms with van der Waals surface area (Å²) in [6.07, 6.45) is 6.09. The zero-order valence-electron chi connectivity index (χ0n) is 25.2. The fourth-order valence-corrected chi connectivity index (χ4v) is 5.59. The maximum atomic E-state index is 15.5. The van der Waals surface area contributed by atoms with Crippen LogP contribution in [0, 0.1) is 11.6 Å². The molecule has 1 unspecified atom stereocenters. The van der Waals surface area contributed by atoms with Gasteiger partial charge in [0.25, 0.3) is 0 Å². The molecule has 3 aromatic heterocycles. The Hall–Kier alpha value is -4.50. The Kier molecular flexibility index (Phi) is 9.11. The summed E-state index contributed by atoms with van der Waals surface area (Å²) in [7, 11) is 0. The first kappa shape index (κ1) is 31.9. The SMILES string of the molecule is CCCN(c1ccc(F)c(C(=O)c2c[nH]c3ncc(-c4cnc(N5CCN(C(=O)OC(C)(C)C)CC5)nc4)cc23)c1F)S(=O)[O-]. The monoisotopic (exact) mass is 640 g/mol. The summed E-state index contributed by atoms with van der Waals surface area (Å²) in [6.45, 7) is 9.09. The Balaban J connectivity index is 1.37. The van der Waals surface area contributed by atoms with Gasteiger partial charge in [-0.05, 0) is 45.4 Å². The Labute approximate surface area is 260 Å². The number of piperazine rings is 1. The largest absolute Gasteiger partial charge is 0.755 e. The van der Waals surface area contributed by atoms with Crippen LogP contribution in [0.2, 0.25) is 0 Å². The molecule has 12 nitrogen and oxygen atoms in total. The van der Waals surface area contributed by atoms with Crippen LogP contribution >= 0.6 is 0 Å². The summed E-state index contributed by atoms with van der Waals surface area (Å²) in [5.74, 6) is -2.88. The number of benzene rings is 1. The molecule has 1 saturated heterocycles. The second-order valence-electron chi connectivity index (χ2n) is 11.5. The number of fused-ring (bicyclic) bond motifs is 1. The number of aromatic nitrogens is 4. The number of halogens is 2. The van der Waals surface area contributed by atoms with Crippen molar-refractivity contribution in [3.05, 3.63) is 65.7 Å². The fraction of sp³-hybridized carbons (Fsp3) is 0.367. The minimum absolute atomic E-state index is 0.0417. The molecule has 0 saturated carbocycles. The van der Waals surface area contributed by atoms with E-state index in [9.17, 15) is 22.7 Å². The fourth-order valence-electron chi connectivity index (χ4n) is 4.95. The summed E-state index contributed by atoms with van der Waals surface area (Å²) in [5, 5.41) is 0.307. The molecule has 1 N–H and O–H groups in total. The number of hydrogen-bond donors (Lipinski definition) is 1. The van der Waals surface area contributed by atoms with Gasteiger partial charge in [-0.15, -0.1) is 0 Å². The normalized spacial score (nSPS) is 14.5. The van der Waals surface area contributed by atoms with Crippen molar-refractivity contribution in [2.45, 2.75) is 39.7 Å². The van der Waals surface area contributed by atoms with Crippen LogP contribution in [0.1, 0.15) is 50.0 Å². The molecular weight excluding hydrogens is 608 g/mol. The number of amides is 1. The first-order valence-electron chi connectivity index (χ1n) is 14.3. The van der Waals surface area contributed by atoms with Crippen molar-refractivity contribution in [1.82, 2.24) is 24.8 Å². The maximum Gasteiger partial charge on any atom is 0.410 e. The average molecular weight is 641 g/mol. The van der Waals surface area contributed by atoms with E-state index in [-0.39, 0.29) is 18.2 Å². The number of ether oxygens (including phenoxy) is 1. The van der Waals surface area contributed by atoms with Crippen molar-refractivity contribution in [2.75, 3.05) is 41.9 Å². The minimum Gasteiger partial charge on any atom is -0.755 e. The van der Waals surface area contributed by atoms with Gasteiger partial charge < -0.3 is 24.1 Å². The van der Waals surface area contributed by atoms with Crippen LogP contribution < -0.4 is 9.21 Å². The van der Waals surface area contributed by atoms with Crippen molar-refractivity contribution in [3.8, 4) is 11.1 Å². The van der Waals surface area contributed by atoms with Gasteiger partial charge in [-0.25, -0.2) is 28.5 Å². The molecule has 1 atom stereocenters. The van der Waals surface area contributed by atoms with E-state index < -0.39 is 45.5 Å². The quantitative estimate of drug-likeness (QED) is 0.216. The highest BCUT2D eigenvalue weighted by Gasteiger charge is 2.28. The number of ketones is 1. The zero-order chi connectivity index (χ0) is 32.5. The van der Waals surface area contributed by atoms with Crippen LogP contribution in [0.25, 0.3) is 22.2 Å². The third-order valence-electron chi connectivity index (χ3n) is 7.13. The van der Waals surface area contributed by atoms with Gasteiger partial charge in [-0.3, -0.25) is 13.3 Å². The number of rotatable bonds is 8. The second kappa shape index (κ2) is 12.9. The van der Waals surface area contributed by atoms with E-state index in [1.165, 1.54) is 6.20 Å². The number of carbonyl (C=O) groups excluding carboxylic acids is 2. The predicted octanol–water partition coefficient (Wildman–Crippen LogP) is 4.60. The van der Waals surface area contributed by atoms with Gasteiger partial charge >= 0.3 is 6.09 Å². The highest BCUT2D eigenvalue weighted by molar-refractivity contribution is 7.80. The number of aromatic amines is 1. The topological polar surface area (TPSA) is 148 Å². The molecule has 45 heavy (non-hydrogen) atoms. The van der Waals surface area contributed by atoms with E-state index in [1.807, 2.05) is 25.7 Å². The summed E-state index contributed by atoms with van der Waals surface area (Å²) in [4.78, 5) is 45.6. The van der Waals surface area contributed by atoms with Crippen LogP contribution in [-0.4, -0.2) is 83.8 Å². The van der Waals surface area contributed by atoms with E-state index >= 15 is 4.39 Å². The molecule has 4 heterocycles. The Morgan fingerprint density at radius 1 is 1.07 bits per heavy atom. The highest BCUT2D eigenvalue weighted by Crippen LogP contribution is 2.31. The summed E-state index contributed by atoms with van der Waals surface area (Å²) in [6, 6.07) is 3.50. The van der Waals surface area contributed by atoms with Gasteiger partial charge in [0.05, 0.1) is 11.3 Å². The molecule has 0 bridgehead atoms. The number of hydrogen-bond acceptors (Lipinski definition) is 9. The van der Waals surface area contributed by atoms with Crippen LogP contribution in [0.15, 0.2) is 43.0 Å². The molecule has 0 spiro atoms. The molecule has 1 aromatic carbocycles. The first-order chi connectivity index (χ1) is 21.4. The number of carbonyl (C=O) groups is 2. The lowest BCUT2D eigenvalue weighted by atomic mass is 10.00. The molecule has 0 radical (unpaired) electrons. The summed E-state index contributed by atoms with van der Waals surface area (Å²) in [5.41, 5.74) is -0.445. The first-order valence-corrected chi connectivity index (χ1v) is 15.3. The van der Waals surface area contributed by atoms with Crippen LogP contribution in [0.5, 0.6) is 0 Å². The van der Waals surface area contributed by atoms with E-state index in [2.05, 4.69) is 19.9 Å². The smallest absolute Gasteiger partial charge is 0.410 e. The highest BCUT2D eigenvalue weighted by atomic mass is 32.2. The molecule has 1 fully saturated rings. The van der Waals surface area contributed by atoms with Crippen molar-refractivity contribution >= 4 is 45.8 Å². The summed E-state index contributed by atoms with van der Waals surface area (Å²) < 4.78 is 60.0. The number of anilines is 2. The molecule has 238 valence electrons. The molecule has 1 amide bonds. The van der Waals surface area contributed by atoms with E-state index in [1.54, 1.807) is 36.5 Å². The second-order valence-corrected chi connectivity index (χ2v) is 12.3. The standard InChI is InChI=1S/C30H33F2N7O5S/c1-5-8-39(45(42)43)23-7-6-22(31)24(25(23)32)26(40)21-17-34-27-20(21)13-18(14-33-27)19-15-35-28(36-16-19)37-9-11-38(12-10-37)29(41)44-30(2,3)4/h6-7,13-17H,5,8-12H2,1-4H3,(H,33,34)(H,42,43)/p-1. The molecule has 4 aromatic rings. The van der Waals surface area contributed by atoms with Gasteiger partial charge in [0.1, 0.15) is 17.1 Å². The predicted molar refractivity (Wildman–Crippen MR) is 163 cm³/mol. The van der Waals surface area contributed by atoms with Crippen molar-refractivity contribution in [2.24, 2.45) is 0 Å². The van der Waals surface area contributed by atoms with Crippen molar-refractivity contribution in [1.29, 1.82) is 0 Å². The maximum absolute atomic E-state index is 15.5. The molecule has 1 aliphatic rings. The molecule has 1 aliphatic heterocycles. The Morgan fingerprint density at radius 2 is 1.73 bits per heavy atom. The van der Waals surface area contributed by atoms with Gasteiger partial charge in [0.15, 0.2) is 5.82 Å². The van der Waals surface area contributed by atoms with Gasteiger partial charge in [-0.2, -0.15) is 0 Å². The average Bonchev–Trinajstić information content (AvgIpc) is 3.43. The molecular formula is C30H32F2N7O5S-. The lowest BCUT2D eigenvalue weighted by Crippen LogP contribution is -2.50. The van der Waals surface area contributed by atoms with Crippen LogP contribution in [-0.2, 0) is 16.0 Å². The lowest BCUT2D eigenvalue weighted by Gasteiger charge is -2.35. The number of nitrogens with zero attached hydrogens (tertiary/aromatic N) is 6.